The van der Waals surface area contributed by atoms with Crippen LogP contribution >= 0.6 is 11.8 Å². The molecule has 1 aromatic rings. The van der Waals surface area contributed by atoms with Gasteiger partial charge in [-0.3, -0.25) is 0 Å². The topological polar surface area (TPSA) is 24.9 Å². The number of unbranched alkanes of at least 4 members (excludes halogenated alkanes) is 1. The van der Waals surface area contributed by atoms with Gasteiger partial charge in [-0.05, 0) is 23.8 Å². The quantitative estimate of drug-likeness (QED) is 0.581. The summed E-state index contributed by atoms with van der Waals surface area (Å²) in [4.78, 5) is 4.45. The van der Waals surface area contributed by atoms with Crippen molar-refractivity contribution in [2.45, 2.75) is 51.2 Å². The zero-order chi connectivity index (χ0) is 11.8. The molecular formula is C13H22N2S. The van der Waals surface area contributed by atoms with Gasteiger partial charge in [0.1, 0.15) is 5.03 Å². The van der Waals surface area contributed by atoms with Crippen molar-refractivity contribution in [2.24, 2.45) is 0 Å². The molecule has 1 heterocycles. The van der Waals surface area contributed by atoms with Gasteiger partial charge in [-0.15, -0.1) is 11.8 Å². The Bertz CT molecular complexity index is 300. The lowest BCUT2D eigenvalue weighted by molar-refractivity contribution is 0.582. The largest absolute Gasteiger partial charge is 0.310 e. The van der Waals surface area contributed by atoms with Gasteiger partial charge in [-0.2, -0.15) is 0 Å². The number of aromatic nitrogens is 1. The minimum Gasteiger partial charge on any atom is -0.310 e. The second-order valence-electron chi connectivity index (χ2n) is 4.21. The van der Waals surface area contributed by atoms with Crippen LogP contribution in [-0.2, 0) is 6.54 Å². The molecule has 90 valence electrons. The summed E-state index contributed by atoms with van der Waals surface area (Å²) in [6, 6.07) is 4.70. The number of pyridine rings is 1. The third kappa shape index (κ3) is 4.99. The van der Waals surface area contributed by atoms with Gasteiger partial charge in [0, 0.05) is 18.8 Å². The monoisotopic (exact) mass is 238 g/mol. The van der Waals surface area contributed by atoms with Crippen molar-refractivity contribution >= 4 is 11.8 Å². The molecule has 1 aromatic heterocycles. The Balaban J connectivity index is 2.53. The van der Waals surface area contributed by atoms with Crippen LogP contribution in [-0.4, -0.2) is 16.8 Å². The second kappa shape index (κ2) is 7.69. The number of hydrogen-bond acceptors (Lipinski definition) is 3. The summed E-state index contributed by atoms with van der Waals surface area (Å²) in [7, 11) is 0. The fraction of sp³-hybridized carbons (Fsp3) is 0.615. The average molecular weight is 238 g/mol. The molecule has 3 heteroatoms. The highest BCUT2D eigenvalue weighted by molar-refractivity contribution is 7.99. The molecule has 0 spiro atoms. The van der Waals surface area contributed by atoms with E-state index in [1.807, 2.05) is 24.0 Å². The third-order valence-corrected chi connectivity index (χ3v) is 3.42. The molecule has 16 heavy (non-hydrogen) atoms. The molecule has 0 aliphatic carbocycles. The summed E-state index contributed by atoms with van der Waals surface area (Å²) in [6.45, 7) is 7.47. The fourth-order valence-corrected chi connectivity index (χ4v) is 2.40. The Morgan fingerprint density at radius 1 is 1.44 bits per heavy atom. The van der Waals surface area contributed by atoms with E-state index < -0.39 is 0 Å². The van der Waals surface area contributed by atoms with Crippen molar-refractivity contribution in [1.29, 1.82) is 0 Å². The molecule has 0 amide bonds. The predicted molar refractivity (Wildman–Crippen MR) is 71.8 cm³/mol. The van der Waals surface area contributed by atoms with Crippen LogP contribution in [0.15, 0.2) is 23.4 Å². The standard InChI is InChI=1S/C13H22N2S/c1-4-5-9-16-13-12(7-6-8-14-13)10-15-11(2)3/h6-8,11,15H,4-5,9-10H2,1-3H3. The summed E-state index contributed by atoms with van der Waals surface area (Å²) in [6.07, 6.45) is 4.39. The zero-order valence-electron chi connectivity index (χ0n) is 10.5. The van der Waals surface area contributed by atoms with Crippen LogP contribution in [0, 0.1) is 0 Å². The summed E-state index contributed by atoms with van der Waals surface area (Å²) in [5.41, 5.74) is 1.32. The van der Waals surface area contributed by atoms with Gasteiger partial charge < -0.3 is 5.32 Å². The lowest BCUT2D eigenvalue weighted by atomic mass is 10.2. The van der Waals surface area contributed by atoms with E-state index in [2.05, 4.69) is 37.1 Å². The molecule has 0 aliphatic rings. The van der Waals surface area contributed by atoms with Gasteiger partial charge in [0.15, 0.2) is 0 Å². The highest BCUT2D eigenvalue weighted by Gasteiger charge is 2.04. The highest BCUT2D eigenvalue weighted by Crippen LogP contribution is 2.21. The number of hydrogen-bond donors (Lipinski definition) is 1. The van der Waals surface area contributed by atoms with Gasteiger partial charge in [0.2, 0.25) is 0 Å². The molecule has 0 atom stereocenters. The van der Waals surface area contributed by atoms with E-state index in [-0.39, 0.29) is 0 Å². The molecule has 0 aromatic carbocycles. The number of thioether (sulfide) groups is 1. The predicted octanol–water partition coefficient (Wildman–Crippen LogP) is 3.47. The highest BCUT2D eigenvalue weighted by atomic mass is 32.2. The third-order valence-electron chi connectivity index (χ3n) is 2.29. The Hall–Kier alpha value is -0.540. The lowest BCUT2D eigenvalue weighted by Gasteiger charge is -2.11. The Morgan fingerprint density at radius 3 is 2.94 bits per heavy atom. The minimum atomic E-state index is 0.522. The Kier molecular flexibility index (Phi) is 6.50. The van der Waals surface area contributed by atoms with Crippen molar-refractivity contribution in [3.05, 3.63) is 23.9 Å². The normalized spacial score (nSPS) is 11.0. The smallest absolute Gasteiger partial charge is 0.100 e. The first-order chi connectivity index (χ1) is 7.74. The molecule has 0 fully saturated rings. The zero-order valence-corrected chi connectivity index (χ0v) is 11.3. The lowest BCUT2D eigenvalue weighted by Crippen LogP contribution is -2.22. The van der Waals surface area contributed by atoms with Crippen LogP contribution in [0.5, 0.6) is 0 Å². The first-order valence-corrected chi connectivity index (χ1v) is 7.02. The molecule has 0 radical (unpaired) electrons. The molecular weight excluding hydrogens is 216 g/mol. The summed E-state index contributed by atoms with van der Waals surface area (Å²) >= 11 is 1.87. The Labute approximate surface area is 103 Å². The van der Waals surface area contributed by atoms with E-state index >= 15 is 0 Å². The molecule has 0 saturated carbocycles. The van der Waals surface area contributed by atoms with Gasteiger partial charge >= 0.3 is 0 Å². The van der Waals surface area contributed by atoms with E-state index in [0.717, 1.165) is 6.54 Å². The van der Waals surface area contributed by atoms with E-state index in [1.165, 1.54) is 29.2 Å². The molecule has 1 N–H and O–H groups in total. The molecule has 0 unspecified atom stereocenters. The van der Waals surface area contributed by atoms with Crippen molar-refractivity contribution in [2.75, 3.05) is 5.75 Å². The summed E-state index contributed by atoms with van der Waals surface area (Å²) < 4.78 is 0. The number of rotatable bonds is 7. The van der Waals surface area contributed by atoms with Crippen LogP contribution in [0.1, 0.15) is 39.2 Å². The fourth-order valence-electron chi connectivity index (χ4n) is 1.32. The van der Waals surface area contributed by atoms with Crippen LogP contribution < -0.4 is 5.32 Å². The van der Waals surface area contributed by atoms with Crippen LogP contribution in [0.25, 0.3) is 0 Å². The van der Waals surface area contributed by atoms with Gasteiger partial charge in [0.05, 0.1) is 0 Å². The molecule has 0 bridgehead atoms. The van der Waals surface area contributed by atoms with E-state index in [9.17, 15) is 0 Å². The van der Waals surface area contributed by atoms with Gasteiger partial charge in [-0.25, -0.2) is 4.98 Å². The van der Waals surface area contributed by atoms with Crippen molar-refractivity contribution in [1.82, 2.24) is 10.3 Å². The molecule has 2 nitrogen and oxygen atoms in total. The maximum atomic E-state index is 4.45. The molecule has 0 aliphatic heterocycles. The first kappa shape index (κ1) is 13.5. The Morgan fingerprint density at radius 2 is 2.25 bits per heavy atom. The average Bonchev–Trinajstić information content (AvgIpc) is 2.28. The maximum absolute atomic E-state index is 4.45. The number of nitrogens with one attached hydrogen (secondary N) is 1. The van der Waals surface area contributed by atoms with Gasteiger partial charge in [-0.1, -0.05) is 33.3 Å². The SMILES string of the molecule is CCCCSc1ncccc1CNC(C)C. The van der Waals surface area contributed by atoms with Crippen LogP contribution in [0.2, 0.25) is 0 Å². The van der Waals surface area contributed by atoms with Crippen LogP contribution in [0.4, 0.5) is 0 Å². The second-order valence-corrected chi connectivity index (χ2v) is 5.29. The van der Waals surface area contributed by atoms with Crippen molar-refractivity contribution in [3.63, 3.8) is 0 Å². The van der Waals surface area contributed by atoms with E-state index in [4.69, 9.17) is 0 Å². The molecule has 1 rings (SSSR count). The number of nitrogens with zero attached hydrogens (tertiary/aromatic N) is 1. The van der Waals surface area contributed by atoms with Gasteiger partial charge in [0.25, 0.3) is 0 Å². The van der Waals surface area contributed by atoms with E-state index in [0.29, 0.717) is 6.04 Å². The maximum Gasteiger partial charge on any atom is 0.100 e. The first-order valence-electron chi connectivity index (χ1n) is 6.04. The molecule has 0 saturated heterocycles. The van der Waals surface area contributed by atoms with Crippen molar-refractivity contribution in [3.8, 4) is 0 Å². The summed E-state index contributed by atoms with van der Waals surface area (Å²) in [5, 5.41) is 4.62. The van der Waals surface area contributed by atoms with Crippen LogP contribution in [0.3, 0.4) is 0 Å². The summed E-state index contributed by atoms with van der Waals surface area (Å²) in [5.74, 6) is 1.17. The minimum absolute atomic E-state index is 0.522. The van der Waals surface area contributed by atoms with E-state index in [1.54, 1.807) is 0 Å². The van der Waals surface area contributed by atoms with Crippen molar-refractivity contribution < 1.29 is 0 Å².